The van der Waals surface area contributed by atoms with Gasteiger partial charge in [-0.05, 0) is 88.0 Å². The number of nitrogens with zero attached hydrogens (tertiary/aromatic N) is 3. The first-order valence-electron chi connectivity index (χ1n) is 13.7. The van der Waals surface area contributed by atoms with E-state index in [9.17, 15) is 0 Å². The first kappa shape index (κ1) is 29.1. The Hall–Kier alpha value is -3.50. The molecule has 1 aromatic carbocycles. The third kappa shape index (κ3) is 10.9. The number of allylic oxidation sites excluding steroid dienone is 4. The molecule has 0 N–H and O–H groups in total. The molecule has 3 rings (SSSR count). The molecule has 0 aliphatic heterocycles. The molecular weight excluding hydrogens is 466 g/mol. The van der Waals surface area contributed by atoms with Crippen LogP contribution in [0.2, 0.25) is 0 Å². The molecule has 0 unspecified atom stereocenters. The fourth-order valence-corrected chi connectivity index (χ4v) is 4.17. The summed E-state index contributed by atoms with van der Waals surface area (Å²) in [5.41, 5.74) is 4.68. The molecule has 0 fully saturated rings. The standard InChI is InChI=1S/C34H43N3O/c1-5-34(4,21-12-13-29(2)3)22-20-30-16-18-33(19-17-30)38-26-11-10-25-37(27-31-14-6-8-23-35-31)28-32-15-7-9-24-36-32/h5-9,13-20,22-24H,1,10-12,21,25-28H2,2-4H3/b22-20+/t34-/m1/s1. The van der Waals surface area contributed by atoms with Crippen LogP contribution in [0, 0.1) is 5.41 Å². The molecule has 0 aliphatic carbocycles. The van der Waals surface area contributed by atoms with Crippen molar-refractivity contribution in [3.05, 3.63) is 120 Å². The van der Waals surface area contributed by atoms with Crippen LogP contribution in [0.3, 0.4) is 0 Å². The summed E-state index contributed by atoms with van der Waals surface area (Å²) in [5, 5.41) is 0. The van der Waals surface area contributed by atoms with Crippen molar-refractivity contribution in [1.29, 1.82) is 0 Å². The highest BCUT2D eigenvalue weighted by Crippen LogP contribution is 2.28. The molecule has 4 heteroatoms. The molecule has 0 spiro atoms. The molecule has 4 nitrogen and oxygen atoms in total. The zero-order valence-electron chi connectivity index (χ0n) is 23.4. The van der Waals surface area contributed by atoms with Crippen LogP contribution >= 0.6 is 0 Å². The molecule has 1 atom stereocenters. The van der Waals surface area contributed by atoms with E-state index in [-0.39, 0.29) is 5.41 Å². The van der Waals surface area contributed by atoms with Gasteiger partial charge in [0.1, 0.15) is 5.75 Å². The maximum atomic E-state index is 6.03. The minimum Gasteiger partial charge on any atom is -0.494 e. The van der Waals surface area contributed by atoms with Gasteiger partial charge >= 0.3 is 0 Å². The van der Waals surface area contributed by atoms with Gasteiger partial charge in [0.2, 0.25) is 0 Å². The number of benzene rings is 1. The Balaban J connectivity index is 1.44. The lowest BCUT2D eigenvalue weighted by atomic mass is 9.84. The Morgan fingerprint density at radius 1 is 0.921 bits per heavy atom. The van der Waals surface area contributed by atoms with Gasteiger partial charge in [-0.1, -0.05) is 61.1 Å². The molecule has 2 heterocycles. The van der Waals surface area contributed by atoms with Crippen LogP contribution in [0.15, 0.2) is 103 Å². The van der Waals surface area contributed by atoms with E-state index in [1.807, 2.05) is 42.7 Å². The minimum absolute atomic E-state index is 0.0118. The van der Waals surface area contributed by atoms with Crippen LogP contribution < -0.4 is 4.74 Å². The zero-order valence-corrected chi connectivity index (χ0v) is 23.4. The van der Waals surface area contributed by atoms with Gasteiger partial charge in [-0.25, -0.2) is 0 Å². The predicted molar refractivity (Wildman–Crippen MR) is 160 cm³/mol. The average molecular weight is 510 g/mol. The summed E-state index contributed by atoms with van der Waals surface area (Å²) in [6, 6.07) is 20.5. The van der Waals surface area contributed by atoms with Crippen molar-refractivity contribution >= 4 is 6.08 Å². The maximum Gasteiger partial charge on any atom is 0.119 e. The summed E-state index contributed by atoms with van der Waals surface area (Å²) in [5.74, 6) is 0.913. The average Bonchev–Trinajstić information content (AvgIpc) is 2.93. The van der Waals surface area contributed by atoms with Crippen LogP contribution in [-0.4, -0.2) is 28.0 Å². The second-order valence-electron chi connectivity index (χ2n) is 10.3. The molecule has 3 aromatic rings. The van der Waals surface area contributed by atoms with Gasteiger partial charge in [0.15, 0.2) is 0 Å². The lowest BCUT2D eigenvalue weighted by molar-refractivity contribution is 0.232. The fraction of sp³-hybridized carbons (Fsp3) is 0.353. The van der Waals surface area contributed by atoms with Gasteiger partial charge in [-0.2, -0.15) is 0 Å². The normalized spacial score (nSPS) is 12.8. The third-order valence-corrected chi connectivity index (χ3v) is 6.60. The third-order valence-electron chi connectivity index (χ3n) is 6.60. The van der Waals surface area contributed by atoms with E-state index in [4.69, 9.17) is 4.74 Å². The summed E-state index contributed by atoms with van der Waals surface area (Å²) in [6.45, 7) is 13.9. The summed E-state index contributed by atoms with van der Waals surface area (Å²) in [6.07, 6.45) is 16.7. The van der Waals surface area contributed by atoms with Gasteiger partial charge in [-0.15, -0.1) is 6.58 Å². The van der Waals surface area contributed by atoms with E-state index in [0.717, 1.165) is 62.5 Å². The Bertz CT molecular complexity index is 1090. The Morgan fingerprint density at radius 2 is 1.58 bits per heavy atom. The van der Waals surface area contributed by atoms with Gasteiger partial charge in [0, 0.05) is 30.9 Å². The van der Waals surface area contributed by atoms with E-state index in [2.05, 4.69) is 96.8 Å². The lowest BCUT2D eigenvalue weighted by Gasteiger charge is -2.21. The van der Waals surface area contributed by atoms with Gasteiger partial charge in [0.25, 0.3) is 0 Å². The first-order chi connectivity index (χ1) is 18.5. The van der Waals surface area contributed by atoms with E-state index < -0.39 is 0 Å². The van der Waals surface area contributed by atoms with Crippen LogP contribution in [0.25, 0.3) is 6.08 Å². The molecule has 0 bridgehead atoms. The molecule has 200 valence electrons. The summed E-state index contributed by atoms with van der Waals surface area (Å²) in [7, 11) is 0. The number of hydrogen-bond donors (Lipinski definition) is 0. The van der Waals surface area contributed by atoms with Crippen LogP contribution in [-0.2, 0) is 13.1 Å². The molecule has 2 aromatic heterocycles. The Kier molecular flexibility index (Phi) is 12.0. The van der Waals surface area contributed by atoms with E-state index in [1.54, 1.807) is 0 Å². The molecule has 38 heavy (non-hydrogen) atoms. The van der Waals surface area contributed by atoms with Crippen molar-refractivity contribution in [1.82, 2.24) is 14.9 Å². The molecular formula is C34H43N3O. The minimum atomic E-state index is -0.0118. The summed E-state index contributed by atoms with van der Waals surface area (Å²) >= 11 is 0. The maximum absolute atomic E-state index is 6.03. The van der Waals surface area contributed by atoms with Crippen LogP contribution in [0.4, 0.5) is 0 Å². The highest BCUT2D eigenvalue weighted by molar-refractivity contribution is 5.52. The molecule has 0 aliphatic rings. The van der Waals surface area contributed by atoms with Crippen molar-refractivity contribution in [3.63, 3.8) is 0 Å². The number of aromatic nitrogens is 2. The Morgan fingerprint density at radius 3 is 2.13 bits per heavy atom. The molecule has 0 saturated heterocycles. The van der Waals surface area contributed by atoms with E-state index >= 15 is 0 Å². The van der Waals surface area contributed by atoms with Crippen molar-refractivity contribution in [2.45, 2.75) is 59.5 Å². The first-order valence-corrected chi connectivity index (χ1v) is 13.7. The monoisotopic (exact) mass is 509 g/mol. The molecule has 0 radical (unpaired) electrons. The second kappa shape index (κ2) is 15.7. The topological polar surface area (TPSA) is 38.2 Å². The van der Waals surface area contributed by atoms with E-state index in [0.29, 0.717) is 6.61 Å². The highest BCUT2D eigenvalue weighted by atomic mass is 16.5. The second-order valence-corrected chi connectivity index (χ2v) is 10.3. The smallest absolute Gasteiger partial charge is 0.119 e. The van der Waals surface area contributed by atoms with Gasteiger partial charge in [0.05, 0.1) is 18.0 Å². The SMILES string of the molecule is C=C[C@@](C)(/C=C/c1ccc(OCCCCN(Cc2ccccn2)Cc2ccccn2)cc1)CCC=C(C)C. The summed E-state index contributed by atoms with van der Waals surface area (Å²) < 4.78 is 6.03. The van der Waals surface area contributed by atoms with Crippen molar-refractivity contribution in [3.8, 4) is 5.75 Å². The molecule has 0 amide bonds. The highest BCUT2D eigenvalue weighted by Gasteiger charge is 2.15. The van der Waals surface area contributed by atoms with Crippen LogP contribution in [0.5, 0.6) is 5.75 Å². The van der Waals surface area contributed by atoms with Crippen LogP contribution in [0.1, 0.15) is 63.4 Å². The number of pyridine rings is 2. The lowest BCUT2D eigenvalue weighted by Crippen LogP contribution is -2.25. The fourth-order valence-electron chi connectivity index (χ4n) is 4.17. The zero-order chi connectivity index (χ0) is 27.1. The van der Waals surface area contributed by atoms with Crippen molar-refractivity contribution < 1.29 is 4.74 Å². The van der Waals surface area contributed by atoms with Crippen molar-refractivity contribution in [2.75, 3.05) is 13.2 Å². The number of rotatable bonds is 16. The predicted octanol–water partition coefficient (Wildman–Crippen LogP) is 8.29. The van der Waals surface area contributed by atoms with E-state index in [1.165, 1.54) is 11.1 Å². The number of unbranched alkanes of at least 4 members (excludes halogenated alkanes) is 1. The van der Waals surface area contributed by atoms with Gasteiger partial charge in [-0.3, -0.25) is 14.9 Å². The quantitative estimate of drug-likeness (QED) is 0.144. The Labute approximate surface area is 229 Å². The van der Waals surface area contributed by atoms with Crippen molar-refractivity contribution in [2.24, 2.45) is 5.41 Å². The van der Waals surface area contributed by atoms with Gasteiger partial charge < -0.3 is 4.74 Å². The summed E-state index contributed by atoms with van der Waals surface area (Å²) in [4.78, 5) is 11.4. The largest absolute Gasteiger partial charge is 0.494 e. The number of hydrogen-bond acceptors (Lipinski definition) is 4. The number of ether oxygens (including phenoxy) is 1. The molecule has 0 saturated carbocycles.